The first-order chi connectivity index (χ1) is 10.7. The topological polar surface area (TPSA) is 71.3 Å². The molecule has 0 radical (unpaired) electrons. The second-order valence-electron chi connectivity index (χ2n) is 5.06. The Kier molecular flexibility index (Phi) is 5.91. The van der Waals surface area contributed by atoms with E-state index in [2.05, 4.69) is 5.32 Å². The van der Waals surface area contributed by atoms with Crippen LogP contribution in [0.1, 0.15) is 17.5 Å². The lowest BCUT2D eigenvalue weighted by Gasteiger charge is -2.07. The molecular formula is C17H20N2O3. The Morgan fingerprint density at radius 3 is 2.50 bits per heavy atom. The molecule has 0 atom stereocenters. The molecule has 0 unspecified atom stereocenters. The van der Waals surface area contributed by atoms with E-state index in [0.29, 0.717) is 13.1 Å². The Bertz CT molecular complexity index is 662. The number of nitrogens with one attached hydrogen (secondary N) is 1. The van der Waals surface area contributed by atoms with Crippen molar-refractivity contribution in [3.05, 3.63) is 70.1 Å². The third kappa shape index (κ3) is 4.86. The lowest BCUT2D eigenvalue weighted by molar-refractivity contribution is -0.121. The Morgan fingerprint density at radius 2 is 1.82 bits per heavy atom. The third-order valence-corrected chi connectivity index (χ3v) is 3.42. The maximum Gasteiger partial charge on any atom is 0.250 e. The standard InChI is InChI=1S/C17H20N2O3/c20-13-15-6-4-14(5-7-15)8-10-18-16(21)9-12-19-11-2-1-3-17(19)22/h1-7,11,20H,8-10,12-13H2,(H,18,21). The quantitative estimate of drug-likeness (QED) is 0.804. The van der Waals surface area contributed by atoms with Gasteiger partial charge in [0.15, 0.2) is 0 Å². The number of aryl methyl sites for hydroxylation is 1. The molecule has 2 N–H and O–H groups in total. The third-order valence-electron chi connectivity index (χ3n) is 3.42. The molecule has 0 saturated carbocycles. The minimum Gasteiger partial charge on any atom is -0.392 e. The van der Waals surface area contributed by atoms with Gasteiger partial charge in [-0.1, -0.05) is 30.3 Å². The predicted octanol–water partition coefficient (Wildman–Crippen LogP) is 1.09. The smallest absolute Gasteiger partial charge is 0.250 e. The van der Waals surface area contributed by atoms with Gasteiger partial charge in [-0.25, -0.2) is 0 Å². The fourth-order valence-corrected chi connectivity index (χ4v) is 2.11. The lowest BCUT2D eigenvalue weighted by atomic mass is 10.1. The minimum atomic E-state index is -0.0979. The number of benzene rings is 1. The number of rotatable bonds is 7. The fraction of sp³-hybridized carbons (Fsp3) is 0.294. The van der Waals surface area contributed by atoms with Crippen LogP contribution in [0.4, 0.5) is 0 Å². The van der Waals surface area contributed by atoms with Crippen molar-refractivity contribution in [1.82, 2.24) is 9.88 Å². The molecule has 1 aromatic carbocycles. The Morgan fingerprint density at radius 1 is 1.09 bits per heavy atom. The number of aliphatic hydroxyl groups is 1. The molecule has 0 fully saturated rings. The van der Waals surface area contributed by atoms with Crippen LogP contribution >= 0.6 is 0 Å². The maximum atomic E-state index is 11.8. The van der Waals surface area contributed by atoms with Gasteiger partial charge in [0, 0.05) is 31.8 Å². The zero-order valence-corrected chi connectivity index (χ0v) is 12.4. The second kappa shape index (κ2) is 8.14. The molecule has 1 heterocycles. The summed E-state index contributed by atoms with van der Waals surface area (Å²) in [6, 6.07) is 12.6. The van der Waals surface area contributed by atoms with Crippen molar-refractivity contribution in [1.29, 1.82) is 0 Å². The van der Waals surface area contributed by atoms with Gasteiger partial charge >= 0.3 is 0 Å². The molecule has 1 aromatic heterocycles. The van der Waals surface area contributed by atoms with E-state index in [4.69, 9.17) is 5.11 Å². The number of hydrogen-bond acceptors (Lipinski definition) is 3. The van der Waals surface area contributed by atoms with Crippen molar-refractivity contribution >= 4 is 5.91 Å². The number of aliphatic hydroxyl groups excluding tert-OH is 1. The molecule has 0 aliphatic heterocycles. The van der Waals surface area contributed by atoms with Crippen LogP contribution in [0, 0.1) is 0 Å². The number of aromatic nitrogens is 1. The largest absolute Gasteiger partial charge is 0.392 e. The highest BCUT2D eigenvalue weighted by Gasteiger charge is 2.02. The number of carbonyl (C=O) groups is 1. The number of amides is 1. The summed E-state index contributed by atoms with van der Waals surface area (Å²) in [4.78, 5) is 23.3. The fourth-order valence-electron chi connectivity index (χ4n) is 2.11. The van der Waals surface area contributed by atoms with E-state index in [-0.39, 0.29) is 24.5 Å². The summed E-state index contributed by atoms with van der Waals surface area (Å²) < 4.78 is 1.52. The molecule has 5 heteroatoms. The van der Waals surface area contributed by atoms with Gasteiger partial charge < -0.3 is 15.0 Å². The normalized spacial score (nSPS) is 10.4. The SMILES string of the molecule is O=C(CCn1ccccc1=O)NCCc1ccc(CO)cc1. The van der Waals surface area contributed by atoms with Crippen LogP contribution in [0.2, 0.25) is 0 Å². The van der Waals surface area contributed by atoms with Gasteiger partial charge in [0.05, 0.1) is 6.61 Å². The van der Waals surface area contributed by atoms with E-state index in [1.165, 1.54) is 10.6 Å². The average molecular weight is 300 g/mol. The summed E-state index contributed by atoms with van der Waals surface area (Å²) in [7, 11) is 0. The predicted molar refractivity (Wildman–Crippen MR) is 84.4 cm³/mol. The van der Waals surface area contributed by atoms with E-state index >= 15 is 0 Å². The first kappa shape index (κ1) is 16.0. The summed E-state index contributed by atoms with van der Waals surface area (Å²) in [6.07, 6.45) is 2.70. The number of carbonyl (C=O) groups excluding carboxylic acids is 1. The van der Waals surface area contributed by atoms with Crippen molar-refractivity contribution in [3.63, 3.8) is 0 Å². The number of nitrogens with zero attached hydrogens (tertiary/aromatic N) is 1. The molecule has 1 amide bonds. The summed E-state index contributed by atoms with van der Waals surface area (Å²) in [5.41, 5.74) is 1.89. The van der Waals surface area contributed by atoms with Crippen LogP contribution < -0.4 is 10.9 Å². The Balaban J connectivity index is 1.71. The van der Waals surface area contributed by atoms with Crippen LogP contribution in [0.15, 0.2) is 53.5 Å². The first-order valence-electron chi connectivity index (χ1n) is 7.30. The summed E-state index contributed by atoms with van der Waals surface area (Å²) in [5.74, 6) is -0.0669. The second-order valence-corrected chi connectivity index (χ2v) is 5.06. The molecule has 0 aliphatic rings. The van der Waals surface area contributed by atoms with Crippen molar-refractivity contribution < 1.29 is 9.90 Å². The van der Waals surface area contributed by atoms with Gasteiger partial charge in [-0.3, -0.25) is 9.59 Å². The van der Waals surface area contributed by atoms with E-state index < -0.39 is 0 Å². The molecule has 0 bridgehead atoms. The molecule has 116 valence electrons. The molecular weight excluding hydrogens is 280 g/mol. The van der Waals surface area contributed by atoms with Gasteiger partial charge in [-0.2, -0.15) is 0 Å². The summed E-state index contributed by atoms with van der Waals surface area (Å²) in [6.45, 7) is 0.980. The van der Waals surface area contributed by atoms with Crippen LogP contribution in [0.3, 0.4) is 0 Å². The van der Waals surface area contributed by atoms with E-state index in [1.807, 2.05) is 24.3 Å². The molecule has 2 rings (SSSR count). The van der Waals surface area contributed by atoms with Crippen molar-refractivity contribution in [2.45, 2.75) is 26.0 Å². The lowest BCUT2D eigenvalue weighted by Crippen LogP contribution is -2.28. The highest BCUT2D eigenvalue weighted by Crippen LogP contribution is 2.04. The van der Waals surface area contributed by atoms with Crippen LogP contribution in [-0.2, 0) is 24.4 Å². The molecule has 5 nitrogen and oxygen atoms in total. The van der Waals surface area contributed by atoms with E-state index in [0.717, 1.165) is 17.5 Å². The molecule has 0 spiro atoms. The molecule has 2 aromatic rings. The van der Waals surface area contributed by atoms with Crippen molar-refractivity contribution in [2.24, 2.45) is 0 Å². The van der Waals surface area contributed by atoms with Gasteiger partial charge in [-0.15, -0.1) is 0 Å². The van der Waals surface area contributed by atoms with Crippen molar-refractivity contribution in [2.75, 3.05) is 6.54 Å². The van der Waals surface area contributed by atoms with Crippen molar-refractivity contribution in [3.8, 4) is 0 Å². The first-order valence-corrected chi connectivity index (χ1v) is 7.30. The Labute approximate surface area is 129 Å². The summed E-state index contributed by atoms with van der Waals surface area (Å²) >= 11 is 0. The Hall–Kier alpha value is -2.40. The highest BCUT2D eigenvalue weighted by atomic mass is 16.3. The molecule has 0 saturated heterocycles. The van der Waals surface area contributed by atoms with Crippen LogP contribution in [0.5, 0.6) is 0 Å². The number of hydrogen-bond donors (Lipinski definition) is 2. The average Bonchev–Trinajstić information content (AvgIpc) is 2.55. The minimum absolute atomic E-state index is 0.0376. The van der Waals surface area contributed by atoms with Gasteiger partial charge in [-0.05, 0) is 23.6 Å². The monoisotopic (exact) mass is 300 g/mol. The molecule has 22 heavy (non-hydrogen) atoms. The zero-order chi connectivity index (χ0) is 15.8. The van der Waals surface area contributed by atoms with Gasteiger partial charge in [0.25, 0.3) is 5.56 Å². The zero-order valence-electron chi connectivity index (χ0n) is 12.4. The highest BCUT2D eigenvalue weighted by molar-refractivity contribution is 5.75. The summed E-state index contributed by atoms with van der Waals surface area (Å²) in [5, 5.41) is 11.8. The molecule has 0 aliphatic carbocycles. The van der Waals surface area contributed by atoms with Crippen LogP contribution in [0.25, 0.3) is 0 Å². The van der Waals surface area contributed by atoms with Crippen LogP contribution in [-0.4, -0.2) is 22.1 Å². The maximum absolute atomic E-state index is 11.8. The van der Waals surface area contributed by atoms with E-state index in [9.17, 15) is 9.59 Å². The number of pyridine rings is 1. The van der Waals surface area contributed by atoms with Gasteiger partial charge in [0.1, 0.15) is 0 Å². The van der Waals surface area contributed by atoms with E-state index in [1.54, 1.807) is 18.3 Å². The van der Waals surface area contributed by atoms with Gasteiger partial charge in [0.2, 0.25) is 5.91 Å².